The molecule has 0 spiro atoms. The minimum atomic E-state index is -1.18. The van der Waals surface area contributed by atoms with Crippen molar-refractivity contribution in [3.8, 4) is 11.5 Å². The molecule has 2 aromatic rings. The number of halogens is 2. The molecule has 2 amide bonds. The van der Waals surface area contributed by atoms with Gasteiger partial charge in [-0.3, -0.25) is 15.0 Å². The number of carboxylic acids is 1. The maximum atomic E-state index is 12.8. The molecule has 1 fully saturated rings. The van der Waals surface area contributed by atoms with E-state index in [1.54, 1.807) is 30.3 Å². The third-order valence-electron chi connectivity index (χ3n) is 4.22. The van der Waals surface area contributed by atoms with E-state index in [1.807, 2.05) is 0 Å². The Morgan fingerprint density at radius 1 is 1.30 bits per heavy atom. The molecular formula is C20H16BrClN2O6. The normalized spacial score (nSPS) is 15.9. The van der Waals surface area contributed by atoms with Crippen LogP contribution >= 0.6 is 27.5 Å². The molecule has 8 nitrogen and oxygen atoms in total. The van der Waals surface area contributed by atoms with Gasteiger partial charge in [-0.25, -0.2) is 9.80 Å². The van der Waals surface area contributed by atoms with E-state index in [4.69, 9.17) is 26.2 Å². The van der Waals surface area contributed by atoms with Crippen molar-refractivity contribution in [2.75, 3.05) is 12.1 Å². The van der Waals surface area contributed by atoms with Crippen LogP contribution in [0.4, 0.5) is 5.69 Å². The van der Waals surface area contributed by atoms with E-state index in [-0.39, 0.29) is 22.1 Å². The van der Waals surface area contributed by atoms with Crippen molar-refractivity contribution in [2.24, 2.45) is 0 Å². The van der Waals surface area contributed by atoms with Gasteiger partial charge in [0, 0.05) is 4.47 Å². The summed E-state index contributed by atoms with van der Waals surface area (Å²) in [6.45, 7) is 1.35. The van der Waals surface area contributed by atoms with Crippen LogP contribution in [0.25, 0.3) is 6.08 Å². The Kier molecular flexibility index (Phi) is 6.33. The molecule has 1 aliphatic rings. The van der Waals surface area contributed by atoms with Gasteiger partial charge in [0.25, 0.3) is 11.8 Å². The predicted octanol–water partition coefficient (Wildman–Crippen LogP) is 3.42. The van der Waals surface area contributed by atoms with Crippen LogP contribution in [0.1, 0.15) is 12.5 Å². The molecular weight excluding hydrogens is 480 g/mol. The van der Waals surface area contributed by atoms with E-state index >= 15 is 0 Å². The molecule has 1 aliphatic heterocycles. The minimum Gasteiger partial charge on any atom is -0.493 e. The summed E-state index contributed by atoms with van der Waals surface area (Å²) in [5, 5.41) is 10.3. The maximum absolute atomic E-state index is 12.8. The molecule has 1 saturated heterocycles. The number of para-hydroxylation sites is 1. The number of hydrogen-bond donors (Lipinski definition) is 2. The molecule has 0 bridgehead atoms. The van der Waals surface area contributed by atoms with E-state index in [0.717, 1.165) is 5.01 Å². The first-order valence-electron chi connectivity index (χ1n) is 8.62. The highest BCUT2D eigenvalue weighted by Gasteiger charge is 2.35. The molecule has 10 heteroatoms. The van der Waals surface area contributed by atoms with Crippen LogP contribution in [0.15, 0.2) is 46.4 Å². The number of ether oxygens (including phenoxy) is 2. The van der Waals surface area contributed by atoms with Crippen molar-refractivity contribution in [3.63, 3.8) is 0 Å². The third-order valence-corrected chi connectivity index (χ3v) is 5.67. The van der Waals surface area contributed by atoms with Crippen LogP contribution in [0.3, 0.4) is 0 Å². The lowest BCUT2D eigenvalue weighted by Gasteiger charge is -2.17. The van der Waals surface area contributed by atoms with E-state index in [1.165, 1.54) is 26.2 Å². The zero-order valence-corrected chi connectivity index (χ0v) is 18.2. The number of aliphatic carboxylic acids is 1. The fraction of sp³-hybridized carbons (Fsp3) is 0.150. The van der Waals surface area contributed by atoms with Gasteiger partial charge in [-0.05, 0) is 52.7 Å². The fourth-order valence-electron chi connectivity index (χ4n) is 2.67. The molecule has 0 aromatic heterocycles. The second-order valence-electron chi connectivity index (χ2n) is 6.20. The standard InChI is InChI=1S/C20H16BrClN2O6/c1-10(20(27)28)30-17-14(29-2)9-11(15(21)16(17)22)8-13-18(25)23-24(19(13)26)12-6-4-3-5-7-12/h3-10H,1-2H3,(H,23,25)(H,27,28)/b13-8-/t10-/m0/s1. The summed E-state index contributed by atoms with van der Waals surface area (Å²) in [4.78, 5) is 36.3. The number of hydrazine groups is 1. The number of carbonyl (C=O) groups excluding carboxylic acids is 2. The number of amides is 2. The van der Waals surface area contributed by atoms with E-state index in [0.29, 0.717) is 15.7 Å². The highest BCUT2D eigenvalue weighted by Crippen LogP contribution is 2.44. The first-order valence-corrected chi connectivity index (χ1v) is 9.79. The van der Waals surface area contributed by atoms with Gasteiger partial charge >= 0.3 is 5.97 Å². The van der Waals surface area contributed by atoms with Gasteiger partial charge in [0.15, 0.2) is 17.6 Å². The average molecular weight is 496 g/mol. The van der Waals surface area contributed by atoms with Crippen molar-refractivity contribution < 1.29 is 29.0 Å². The summed E-state index contributed by atoms with van der Waals surface area (Å²) >= 11 is 9.66. The predicted molar refractivity (Wildman–Crippen MR) is 113 cm³/mol. The lowest BCUT2D eigenvalue weighted by atomic mass is 10.1. The van der Waals surface area contributed by atoms with Crippen LogP contribution in [0.2, 0.25) is 5.02 Å². The molecule has 0 saturated carbocycles. The molecule has 0 unspecified atom stereocenters. The summed E-state index contributed by atoms with van der Waals surface area (Å²) in [6, 6.07) is 10.1. The smallest absolute Gasteiger partial charge is 0.344 e. The Morgan fingerprint density at radius 2 is 1.97 bits per heavy atom. The molecule has 3 rings (SSSR count). The van der Waals surface area contributed by atoms with E-state index in [9.17, 15) is 14.4 Å². The van der Waals surface area contributed by atoms with Gasteiger partial charge in [-0.2, -0.15) is 0 Å². The number of nitrogens with one attached hydrogen (secondary N) is 1. The summed E-state index contributed by atoms with van der Waals surface area (Å²) in [5.41, 5.74) is 3.29. The lowest BCUT2D eigenvalue weighted by Crippen LogP contribution is -2.35. The van der Waals surface area contributed by atoms with Crippen molar-refractivity contribution in [1.29, 1.82) is 0 Å². The van der Waals surface area contributed by atoms with Crippen molar-refractivity contribution in [2.45, 2.75) is 13.0 Å². The van der Waals surface area contributed by atoms with Gasteiger partial charge in [-0.15, -0.1) is 0 Å². The fourth-order valence-corrected chi connectivity index (χ4v) is 3.33. The highest BCUT2D eigenvalue weighted by atomic mass is 79.9. The summed E-state index contributed by atoms with van der Waals surface area (Å²) in [7, 11) is 1.36. The Morgan fingerprint density at radius 3 is 2.57 bits per heavy atom. The Hall–Kier alpha value is -3.04. The summed E-state index contributed by atoms with van der Waals surface area (Å²) in [5.74, 6) is -2.12. The van der Waals surface area contributed by atoms with Crippen LogP contribution < -0.4 is 19.9 Å². The van der Waals surface area contributed by atoms with Crippen LogP contribution in [0, 0.1) is 0 Å². The van der Waals surface area contributed by atoms with Crippen molar-refractivity contribution in [1.82, 2.24) is 5.43 Å². The second-order valence-corrected chi connectivity index (χ2v) is 7.37. The number of nitrogens with zero attached hydrogens (tertiary/aromatic N) is 1. The topological polar surface area (TPSA) is 105 Å². The molecule has 1 atom stereocenters. The minimum absolute atomic E-state index is 0.0243. The van der Waals surface area contributed by atoms with Crippen LogP contribution in [0.5, 0.6) is 11.5 Å². The number of methoxy groups -OCH3 is 1. The van der Waals surface area contributed by atoms with Crippen molar-refractivity contribution >= 4 is 57.1 Å². The summed E-state index contributed by atoms with van der Waals surface area (Å²) < 4.78 is 11.0. The van der Waals surface area contributed by atoms with Gasteiger partial charge in [0.05, 0.1) is 12.8 Å². The second kappa shape index (κ2) is 8.76. The number of anilines is 1. The first-order chi connectivity index (χ1) is 14.2. The third kappa shape index (κ3) is 4.12. The van der Waals surface area contributed by atoms with Gasteiger partial charge in [0.1, 0.15) is 10.6 Å². The maximum Gasteiger partial charge on any atom is 0.344 e. The monoisotopic (exact) mass is 494 g/mol. The van der Waals surface area contributed by atoms with E-state index in [2.05, 4.69) is 21.4 Å². The Labute approximate surface area is 185 Å². The molecule has 0 radical (unpaired) electrons. The van der Waals surface area contributed by atoms with Gasteiger partial charge in [0.2, 0.25) is 0 Å². The van der Waals surface area contributed by atoms with Crippen LogP contribution in [-0.4, -0.2) is 36.1 Å². The quantitative estimate of drug-likeness (QED) is 0.470. The lowest BCUT2D eigenvalue weighted by molar-refractivity contribution is -0.144. The molecule has 2 N–H and O–H groups in total. The largest absolute Gasteiger partial charge is 0.493 e. The van der Waals surface area contributed by atoms with E-state index < -0.39 is 23.9 Å². The Bertz CT molecular complexity index is 1060. The number of benzene rings is 2. The molecule has 2 aromatic carbocycles. The van der Waals surface area contributed by atoms with Crippen molar-refractivity contribution in [3.05, 3.63) is 57.0 Å². The van der Waals surface area contributed by atoms with Crippen LogP contribution in [-0.2, 0) is 14.4 Å². The SMILES string of the molecule is COc1cc(/C=C2/C(=O)NN(c3ccccc3)C2=O)c(Br)c(Cl)c1O[C@@H](C)C(=O)O. The van der Waals surface area contributed by atoms with Gasteiger partial charge < -0.3 is 14.6 Å². The first kappa shape index (κ1) is 21.7. The van der Waals surface area contributed by atoms with Gasteiger partial charge in [-0.1, -0.05) is 29.8 Å². The Balaban J connectivity index is 2.01. The molecule has 156 valence electrons. The number of hydrogen-bond acceptors (Lipinski definition) is 5. The number of carbonyl (C=O) groups is 3. The zero-order chi connectivity index (χ0) is 22.0. The highest BCUT2D eigenvalue weighted by molar-refractivity contribution is 9.10. The molecule has 30 heavy (non-hydrogen) atoms. The number of rotatable bonds is 6. The molecule has 1 heterocycles. The average Bonchev–Trinajstić information content (AvgIpc) is 3.01. The molecule has 0 aliphatic carbocycles. The number of carboxylic acid groups (broad SMARTS) is 1. The zero-order valence-electron chi connectivity index (χ0n) is 15.8. The summed E-state index contributed by atoms with van der Waals surface area (Å²) in [6.07, 6.45) is 0.192.